The normalized spacial score (nSPS) is 9.45. The fourth-order valence-corrected chi connectivity index (χ4v) is 1.03. The summed E-state index contributed by atoms with van der Waals surface area (Å²) in [6, 6.07) is 5.66. The molecule has 1 heterocycles. The van der Waals surface area contributed by atoms with E-state index in [0.29, 0.717) is 17.8 Å². The number of nitrogens with one attached hydrogen (secondary N) is 1. The lowest BCUT2D eigenvalue weighted by atomic mass is 10.4. The second-order valence-corrected chi connectivity index (χ2v) is 2.75. The smallest absolute Gasteiger partial charge is 0.169 e. The summed E-state index contributed by atoms with van der Waals surface area (Å²) >= 11 is 3.18. The maximum Gasteiger partial charge on any atom is 0.169 e. The molecule has 0 saturated carbocycles. The first-order chi connectivity index (χ1) is 5.33. The van der Waals surface area contributed by atoms with E-state index in [4.69, 9.17) is 9.68 Å². The molecule has 0 saturated heterocycles. The maximum absolute atomic E-state index is 8.20. The van der Waals surface area contributed by atoms with Gasteiger partial charge in [0.25, 0.3) is 0 Å². The van der Waals surface area contributed by atoms with Crippen LogP contribution in [0.4, 0.5) is 0 Å². The van der Waals surface area contributed by atoms with Crippen molar-refractivity contribution in [1.29, 1.82) is 5.26 Å². The number of hydrogen-bond acceptors (Lipinski definition) is 3. The van der Waals surface area contributed by atoms with Gasteiger partial charge in [-0.2, -0.15) is 5.26 Å². The van der Waals surface area contributed by atoms with Gasteiger partial charge < -0.3 is 4.42 Å². The van der Waals surface area contributed by atoms with Crippen LogP contribution in [0.3, 0.4) is 0 Å². The first kappa shape index (κ1) is 8.31. The summed E-state index contributed by atoms with van der Waals surface area (Å²) in [6.45, 7) is 0.942. The Kier molecular flexibility index (Phi) is 3.14. The first-order valence-corrected chi connectivity index (χ1v) is 3.94. The van der Waals surface area contributed by atoms with E-state index in [1.165, 1.54) is 0 Å². The minimum absolute atomic E-state index is 0.346. The quantitative estimate of drug-likeness (QED) is 0.616. The van der Waals surface area contributed by atoms with E-state index in [2.05, 4.69) is 21.2 Å². The second kappa shape index (κ2) is 4.16. The van der Waals surface area contributed by atoms with Crippen molar-refractivity contribution in [2.75, 3.05) is 6.54 Å². The zero-order chi connectivity index (χ0) is 8.10. The Morgan fingerprint density at radius 2 is 2.45 bits per heavy atom. The van der Waals surface area contributed by atoms with Crippen molar-refractivity contribution in [3.8, 4) is 6.07 Å². The average Bonchev–Trinajstić information content (AvgIpc) is 2.37. The Balaban J connectivity index is 2.34. The fourth-order valence-electron chi connectivity index (χ4n) is 0.688. The molecule has 1 N–H and O–H groups in total. The highest BCUT2D eigenvalue weighted by Crippen LogP contribution is 2.13. The van der Waals surface area contributed by atoms with Gasteiger partial charge in [-0.15, -0.1) is 0 Å². The van der Waals surface area contributed by atoms with Gasteiger partial charge in [-0.25, -0.2) is 0 Å². The van der Waals surface area contributed by atoms with Gasteiger partial charge in [0.1, 0.15) is 5.76 Å². The van der Waals surface area contributed by atoms with Gasteiger partial charge in [-0.05, 0) is 28.1 Å². The minimum Gasteiger partial charge on any atom is -0.453 e. The van der Waals surface area contributed by atoms with E-state index < -0.39 is 0 Å². The first-order valence-electron chi connectivity index (χ1n) is 3.15. The van der Waals surface area contributed by atoms with Crippen LogP contribution in [0.5, 0.6) is 0 Å². The molecule has 0 unspecified atom stereocenters. The van der Waals surface area contributed by atoms with E-state index in [9.17, 15) is 0 Å². The predicted molar refractivity (Wildman–Crippen MR) is 43.7 cm³/mol. The third-order valence-electron chi connectivity index (χ3n) is 1.13. The molecule has 0 bridgehead atoms. The Bertz CT molecular complexity index is 264. The van der Waals surface area contributed by atoms with Crippen LogP contribution < -0.4 is 5.32 Å². The highest BCUT2D eigenvalue weighted by molar-refractivity contribution is 9.10. The number of nitriles is 1. The van der Waals surface area contributed by atoms with Crippen LogP contribution in [0.1, 0.15) is 5.76 Å². The molecule has 0 radical (unpaired) electrons. The summed E-state index contributed by atoms with van der Waals surface area (Å²) in [7, 11) is 0. The molecule has 1 rings (SSSR count). The average molecular weight is 215 g/mol. The second-order valence-electron chi connectivity index (χ2n) is 1.97. The van der Waals surface area contributed by atoms with Crippen LogP contribution in [-0.4, -0.2) is 6.54 Å². The Hall–Kier alpha value is -0.790. The van der Waals surface area contributed by atoms with E-state index in [0.717, 1.165) is 5.76 Å². The molecule has 58 valence electrons. The van der Waals surface area contributed by atoms with Gasteiger partial charge in [0.15, 0.2) is 4.67 Å². The highest BCUT2D eigenvalue weighted by atomic mass is 79.9. The van der Waals surface area contributed by atoms with Crippen molar-refractivity contribution in [3.63, 3.8) is 0 Å². The number of halogens is 1. The molecular formula is C7H7BrN2O. The van der Waals surface area contributed by atoms with E-state index in [1.54, 1.807) is 0 Å². The SMILES string of the molecule is N#CCNCc1ccc(Br)o1. The fraction of sp³-hybridized carbons (Fsp3) is 0.286. The largest absolute Gasteiger partial charge is 0.453 e. The molecule has 3 nitrogen and oxygen atoms in total. The summed E-state index contributed by atoms with van der Waals surface area (Å²) < 4.78 is 5.89. The van der Waals surface area contributed by atoms with Crippen LogP contribution in [0.25, 0.3) is 0 Å². The molecule has 0 amide bonds. The molecule has 0 fully saturated rings. The van der Waals surface area contributed by atoms with Crippen molar-refractivity contribution >= 4 is 15.9 Å². The van der Waals surface area contributed by atoms with Gasteiger partial charge >= 0.3 is 0 Å². The lowest BCUT2D eigenvalue weighted by Gasteiger charge is -1.93. The Morgan fingerprint density at radius 1 is 1.64 bits per heavy atom. The summed E-state index contributed by atoms with van der Waals surface area (Å²) in [5, 5.41) is 11.1. The molecular weight excluding hydrogens is 208 g/mol. The van der Waals surface area contributed by atoms with Crippen molar-refractivity contribution in [2.24, 2.45) is 0 Å². The van der Waals surface area contributed by atoms with Crippen molar-refractivity contribution in [1.82, 2.24) is 5.32 Å². The molecule has 1 aromatic heterocycles. The van der Waals surface area contributed by atoms with E-state index in [-0.39, 0.29) is 0 Å². The monoisotopic (exact) mass is 214 g/mol. The number of nitrogens with zero attached hydrogens (tertiary/aromatic N) is 1. The van der Waals surface area contributed by atoms with Gasteiger partial charge in [0, 0.05) is 0 Å². The molecule has 0 aliphatic carbocycles. The van der Waals surface area contributed by atoms with E-state index in [1.807, 2.05) is 18.2 Å². The van der Waals surface area contributed by atoms with Crippen molar-refractivity contribution in [3.05, 3.63) is 22.6 Å². The number of hydrogen-bond donors (Lipinski definition) is 1. The summed E-state index contributed by atoms with van der Waals surface area (Å²) in [5.41, 5.74) is 0. The molecule has 0 spiro atoms. The summed E-state index contributed by atoms with van der Waals surface area (Å²) in [6.07, 6.45) is 0. The third kappa shape index (κ3) is 2.74. The topological polar surface area (TPSA) is 49.0 Å². The van der Waals surface area contributed by atoms with Gasteiger partial charge in [-0.3, -0.25) is 5.32 Å². The van der Waals surface area contributed by atoms with Crippen LogP contribution >= 0.6 is 15.9 Å². The molecule has 0 aliphatic heterocycles. The highest BCUT2D eigenvalue weighted by Gasteiger charge is 1.96. The zero-order valence-electron chi connectivity index (χ0n) is 5.80. The number of rotatable bonds is 3. The third-order valence-corrected chi connectivity index (χ3v) is 1.56. The maximum atomic E-state index is 8.20. The molecule has 4 heteroatoms. The van der Waals surface area contributed by atoms with Crippen LogP contribution in [0.2, 0.25) is 0 Å². The minimum atomic E-state index is 0.346. The molecule has 1 aromatic rings. The van der Waals surface area contributed by atoms with Gasteiger partial charge in [0.05, 0.1) is 19.2 Å². The Labute approximate surface area is 73.1 Å². The molecule has 0 aromatic carbocycles. The van der Waals surface area contributed by atoms with Crippen LogP contribution in [0, 0.1) is 11.3 Å². The lowest BCUT2D eigenvalue weighted by Crippen LogP contribution is -2.12. The van der Waals surface area contributed by atoms with Gasteiger partial charge in [0.2, 0.25) is 0 Å². The lowest BCUT2D eigenvalue weighted by molar-refractivity contribution is 0.472. The van der Waals surface area contributed by atoms with Crippen molar-refractivity contribution in [2.45, 2.75) is 6.54 Å². The summed E-state index contributed by atoms with van der Waals surface area (Å²) in [5.74, 6) is 0.826. The molecule has 0 atom stereocenters. The Morgan fingerprint density at radius 3 is 3.00 bits per heavy atom. The van der Waals surface area contributed by atoms with Crippen LogP contribution in [0.15, 0.2) is 21.2 Å². The molecule has 0 aliphatic rings. The molecule has 11 heavy (non-hydrogen) atoms. The van der Waals surface area contributed by atoms with Crippen LogP contribution in [-0.2, 0) is 6.54 Å². The van der Waals surface area contributed by atoms with E-state index >= 15 is 0 Å². The predicted octanol–water partition coefficient (Wildman–Crippen LogP) is 1.66. The standard InChI is InChI=1S/C7H7BrN2O/c8-7-2-1-6(11-7)5-10-4-3-9/h1-2,10H,4-5H2. The van der Waals surface area contributed by atoms with Crippen molar-refractivity contribution < 1.29 is 4.42 Å². The summed E-state index contributed by atoms with van der Waals surface area (Å²) in [4.78, 5) is 0. The van der Waals surface area contributed by atoms with Gasteiger partial charge in [-0.1, -0.05) is 0 Å². The number of furan rings is 1. The zero-order valence-corrected chi connectivity index (χ0v) is 7.39.